The first-order valence-corrected chi connectivity index (χ1v) is 14.6. The Bertz CT molecular complexity index is 1400. The number of unbranched alkanes of at least 4 members (excludes halogenated alkanes) is 1. The van der Waals surface area contributed by atoms with Crippen LogP contribution in [0.15, 0.2) is 65.6 Å². The third kappa shape index (κ3) is 7.08. The number of anilines is 2. The first kappa shape index (κ1) is 29.3. The van der Waals surface area contributed by atoms with Crippen LogP contribution in [0, 0.1) is 0 Å². The highest BCUT2D eigenvalue weighted by Crippen LogP contribution is 2.41. The molecule has 4 rings (SSSR count). The van der Waals surface area contributed by atoms with E-state index in [0.29, 0.717) is 49.4 Å². The molecule has 0 bridgehead atoms. The number of amides is 3. The number of likely N-dealkylation sites (N-methyl/N-ethyl adjacent to an activating group) is 1. The molecule has 1 aliphatic heterocycles. The maximum Gasteiger partial charge on any atom is 0.250 e. The van der Waals surface area contributed by atoms with Gasteiger partial charge in [-0.3, -0.25) is 14.4 Å². The van der Waals surface area contributed by atoms with Gasteiger partial charge in [-0.1, -0.05) is 48.5 Å². The lowest BCUT2D eigenvalue weighted by Crippen LogP contribution is -2.53. The van der Waals surface area contributed by atoms with E-state index in [9.17, 15) is 19.2 Å². The van der Waals surface area contributed by atoms with Gasteiger partial charge in [0.1, 0.15) is 11.8 Å². The number of ketones is 1. The van der Waals surface area contributed by atoms with E-state index in [1.807, 2.05) is 60.7 Å². The fourth-order valence-corrected chi connectivity index (χ4v) is 5.86. The summed E-state index contributed by atoms with van der Waals surface area (Å²) in [5, 5.41) is 11.0. The number of benzene rings is 3. The summed E-state index contributed by atoms with van der Waals surface area (Å²) in [6, 6.07) is 18.4. The molecule has 0 aliphatic carbocycles. The van der Waals surface area contributed by atoms with E-state index in [-0.39, 0.29) is 23.5 Å². The summed E-state index contributed by atoms with van der Waals surface area (Å²) in [6.07, 6.45) is 2.07. The van der Waals surface area contributed by atoms with Crippen molar-refractivity contribution in [3.05, 3.63) is 66.2 Å². The highest BCUT2D eigenvalue weighted by atomic mass is 32.2. The Morgan fingerprint density at radius 2 is 1.73 bits per heavy atom. The lowest BCUT2D eigenvalue weighted by Gasteiger charge is -2.27. The zero-order chi connectivity index (χ0) is 28.6. The molecule has 1 heterocycles. The van der Waals surface area contributed by atoms with E-state index in [1.165, 1.54) is 11.8 Å². The van der Waals surface area contributed by atoms with Crippen molar-refractivity contribution in [2.24, 2.45) is 0 Å². The van der Waals surface area contributed by atoms with E-state index in [2.05, 4.69) is 16.0 Å². The van der Waals surface area contributed by atoms with Crippen molar-refractivity contribution in [2.45, 2.75) is 63.1 Å². The molecule has 0 fully saturated rings. The summed E-state index contributed by atoms with van der Waals surface area (Å²) < 4.78 is 0. The molecule has 9 heteroatoms. The average Bonchev–Trinajstić information content (AvgIpc) is 3.07. The molecule has 8 nitrogen and oxygen atoms in total. The summed E-state index contributed by atoms with van der Waals surface area (Å²) in [5.74, 6) is -0.153. The molecule has 2 unspecified atom stereocenters. The van der Waals surface area contributed by atoms with E-state index in [1.54, 1.807) is 25.8 Å². The Hall–Kier alpha value is -3.69. The second-order valence-electron chi connectivity index (χ2n) is 10.1. The second-order valence-corrected chi connectivity index (χ2v) is 11.1. The number of carbonyl (C=O) groups excluding carboxylic acids is 4. The summed E-state index contributed by atoms with van der Waals surface area (Å²) in [5.41, 5.74) is 2.30. The molecule has 3 aromatic rings. The van der Waals surface area contributed by atoms with Crippen LogP contribution in [0.5, 0.6) is 0 Å². The molecule has 210 valence electrons. The normalized spacial score (nSPS) is 15.7. The smallest absolute Gasteiger partial charge is 0.250 e. The Kier molecular flexibility index (Phi) is 9.95. The third-order valence-electron chi connectivity index (χ3n) is 7.05. The van der Waals surface area contributed by atoms with Crippen LogP contribution < -0.4 is 20.9 Å². The fraction of sp³-hybridized carbons (Fsp3) is 0.355. The van der Waals surface area contributed by atoms with E-state index >= 15 is 0 Å². The number of rotatable bonds is 11. The minimum Gasteiger partial charge on any atom is -0.342 e. The zero-order valence-corrected chi connectivity index (χ0v) is 24.0. The Morgan fingerprint density at radius 1 is 1.00 bits per heavy atom. The largest absolute Gasteiger partial charge is 0.342 e. The predicted octanol–water partition coefficient (Wildman–Crippen LogP) is 4.66. The van der Waals surface area contributed by atoms with Gasteiger partial charge in [-0.2, -0.15) is 0 Å². The van der Waals surface area contributed by atoms with E-state index < -0.39 is 12.1 Å². The lowest BCUT2D eigenvalue weighted by atomic mass is 10.0. The summed E-state index contributed by atoms with van der Waals surface area (Å²) in [6.45, 7) is 3.61. The van der Waals surface area contributed by atoms with Crippen LogP contribution in [-0.2, 0) is 25.7 Å². The Balaban J connectivity index is 1.66. The third-order valence-corrected chi connectivity index (χ3v) is 8.27. The standard InChI is InChI=1S/C31H36N4O4S/c1-20(36)10-4-7-17-28(37)33-25-15-9-16-27-29(25)40-19-26(34-30(38)21(2)32-3)31(39)35(27)18-23-13-8-12-22-11-5-6-14-24(22)23/h5-6,8-9,11-16,21,26,32H,4,7,10,17-19H2,1-3H3,(H,33,37)(H,34,38). The molecule has 3 amide bonds. The van der Waals surface area contributed by atoms with Crippen molar-refractivity contribution in [3.8, 4) is 0 Å². The fourth-order valence-electron chi connectivity index (χ4n) is 4.70. The highest BCUT2D eigenvalue weighted by Gasteiger charge is 2.34. The first-order valence-electron chi connectivity index (χ1n) is 13.6. The Morgan fingerprint density at radius 3 is 2.50 bits per heavy atom. The quantitative estimate of drug-likeness (QED) is 0.295. The van der Waals surface area contributed by atoms with Crippen molar-refractivity contribution in [1.82, 2.24) is 10.6 Å². The molecule has 1 aliphatic rings. The van der Waals surface area contributed by atoms with Crippen LogP contribution in [0.25, 0.3) is 10.8 Å². The minimum atomic E-state index is -0.745. The molecular weight excluding hydrogens is 524 g/mol. The second kappa shape index (κ2) is 13.6. The zero-order valence-electron chi connectivity index (χ0n) is 23.2. The minimum absolute atomic E-state index is 0.117. The van der Waals surface area contributed by atoms with E-state index in [4.69, 9.17) is 0 Å². The number of hydrogen-bond acceptors (Lipinski definition) is 6. The molecule has 0 aromatic heterocycles. The van der Waals surface area contributed by atoms with Gasteiger partial charge in [0.25, 0.3) is 5.91 Å². The van der Waals surface area contributed by atoms with Gasteiger partial charge in [0, 0.05) is 18.6 Å². The number of carbonyl (C=O) groups is 4. The van der Waals surface area contributed by atoms with Crippen molar-refractivity contribution in [3.63, 3.8) is 0 Å². The topological polar surface area (TPSA) is 108 Å². The van der Waals surface area contributed by atoms with Crippen LogP contribution in [0.1, 0.15) is 45.1 Å². The Labute approximate surface area is 239 Å². The highest BCUT2D eigenvalue weighted by molar-refractivity contribution is 7.99. The van der Waals surface area contributed by atoms with Crippen LogP contribution in [-0.4, -0.2) is 48.4 Å². The maximum atomic E-state index is 14.0. The molecule has 3 aromatic carbocycles. The van der Waals surface area contributed by atoms with Crippen LogP contribution in [0.2, 0.25) is 0 Å². The molecule has 0 saturated heterocycles. The predicted molar refractivity (Wildman–Crippen MR) is 161 cm³/mol. The monoisotopic (exact) mass is 560 g/mol. The molecule has 40 heavy (non-hydrogen) atoms. The van der Waals surface area contributed by atoms with Crippen molar-refractivity contribution in [2.75, 3.05) is 23.0 Å². The number of thioether (sulfide) groups is 1. The van der Waals surface area contributed by atoms with Gasteiger partial charge in [0.05, 0.1) is 28.9 Å². The van der Waals surface area contributed by atoms with Crippen molar-refractivity contribution >= 4 is 57.4 Å². The average molecular weight is 561 g/mol. The van der Waals surface area contributed by atoms with Gasteiger partial charge >= 0.3 is 0 Å². The maximum absolute atomic E-state index is 14.0. The molecule has 0 radical (unpaired) electrons. The summed E-state index contributed by atoms with van der Waals surface area (Å²) in [4.78, 5) is 53.3. The van der Waals surface area contributed by atoms with Crippen molar-refractivity contribution < 1.29 is 19.2 Å². The SMILES string of the molecule is CNC(C)C(=O)NC1CSc2c(NC(=O)CCCCC(C)=O)cccc2N(Cc2cccc3ccccc23)C1=O. The van der Waals surface area contributed by atoms with Gasteiger partial charge in [0.15, 0.2) is 0 Å². The van der Waals surface area contributed by atoms with Crippen LogP contribution in [0.3, 0.4) is 0 Å². The van der Waals surface area contributed by atoms with Gasteiger partial charge in [0.2, 0.25) is 11.8 Å². The van der Waals surface area contributed by atoms with Crippen LogP contribution >= 0.6 is 11.8 Å². The van der Waals surface area contributed by atoms with Gasteiger partial charge in [-0.15, -0.1) is 11.8 Å². The molecular formula is C31H36N4O4S. The molecule has 2 atom stereocenters. The van der Waals surface area contributed by atoms with Gasteiger partial charge in [-0.05, 0) is 62.2 Å². The molecule has 0 saturated carbocycles. The molecule has 0 spiro atoms. The number of Topliss-reactive ketones (excluding diaryl/α,β-unsaturated/α-hetero) is 1. The van der Waals surface area contributed by atoms with E-state index in [0.717, 1.165) is 21.2 Å². The van der Waals surface area contributed by atoms with Gasteiger partial charge < -0.3 is 25.6 Å². The van der Waals surface area contributed by atoms with Crippen molar-refractivity contribution in [1.29, 1.82) is 0 Å². The van der Waals surface area contributed by atoms with Gasteiger partial charge in [-0.25, -0.2) is 0 Å². The first-order chi connectivity index (χ1) is 19.3. The summed E-state index contributed by atoms with van der Waals surface area (Å²) in [7, 11) is 1.70. The lowest BCUT2D eigenvalue weighted by molar-refractivity contribution is -0.128. The number of hydrogen-bond donors (Lipinski definition) is 3. The summed E-state index contributed by atoms with van der Waals surface area (Å²) >= 11 is 1.44. The number of nitrogens with zero attached hydrogens (tertiary/aromatic N) is 1. The van der Waals surface area contributed by atoms with Crippen LogP contribution in [0.4, 0.5) is 11.4 Å². The number of nitrogens with one attached hydrogen (secondary N) is 3. The number of fused-ring (bicyclic) bond motifs is 2. The molecule has 3 N–H and O–H groups in total.